The fourth-order valence-electron chi connectivity index (χ4n) is 1.90. The minimum Gasteiger partial charge on any atom is -0.344 e. The zero-order valence-corrected chi connectivity index (χ0v) is 10.6. The molecule has 1 aliphatic rings. The molecular weight excluding hydrogens is 257 g/mol. The first-order chi connectivity index (χ1) is 8.66. The second kappa shape index (κ2) is 4.29. The maximum Gasteiger partial charge on any atom is 0.311 e. The van der Waals surface area contributed by atoms with E-state index in [2.05, 4.69) is 20.3 Å². The molecule has 6 nitrogen and oxygen atoms in total. The SMILES string of the molecule is Cc1nc2sc(N3CCNCC3)nn2c(=O)c1F. The number of aryl methyl sites for hydroxylation is 1. The van der Waals surface area contributed by atoms with Crippen LogP contribution in [0.5, 0.6) is 0 Å². The highest BCUT2D eigenvalue weighted by Gasteiger charge is 2.18. The summed E-state index contributed by atoms with van der Waals surface area (Å²) < 4.78 is 14.5. The summed E-state index contributed by atoms with van der Waals surface area (Å²) in [6.07, 6.45) is 0. The average molecular weight is 269 g/mol. The lowest BCUT2D eigenvalue weighted by Crippen LogP contribution is -2.43. The molecule has 18 heavy (non-hydrogen) atoms. The van der Waals surface area contributed by atoms with Gasteiger partial charge in [0.25, 0.3) is 0 Å². The highest BCUT2D eigenvalue weighted by Crippen LogP contribution is 2.21. The molecule has 0 atom stereocenters. The van der Waals surface area contributed by atoms with Gasteiger partial charge in [0, 0.05) is 26.2 Å². The van der Waals surface area contributed by atoms with Gasteiger partial charge in [-0.2, -0.15) is 8.91 Å². The molecule has 0 aromatic carbocycles. The van der Waals surface area contributed by atoms with Gasteiger partial charge in [-0.3, -0.25) is 4.79 Å². The van der Waals surface area contributed by atoms with E-state index in [0.717, 1.165) is 30.7 Å². The van der Waals surface area contributed by atoms with Crippen LogP contribution < -0.4 is 15.8 Å². The number of piperazine rings is 1. The summed E-state index contributed by atoms with van der Waals surface area (Å²) in [7, 11) is 0. The molecule has 1 fully saturated rings. The van der Waals surface area contributed by atoms with Crippen molar-refractivity contribution in [2.75, 3.05) is 31.1 Å². The quantitative estimate of drug-likeness (QED) is 0.790. The first kappa shape index (κ1) is 11.5. The number of fused-ring (bicyclic) bond motifs is 1. The van der Waals surface area contributed by atoms with Gasteiger partial charge in [-0.1, -0.05) is 11.3 Å². The van der Waals surface area contributed by atoms with E-state index >= 15 is 0 Å². The lowest BCUT2D eigenvalue weighted by atomic mass is 10.4. The van der Waals surface area contributed by atoms with Crippen LogP contribution in [0.4, 0.5) is 9.52 Å². The molecule has 96 valence electrons. The molecule has 3 heterocycles. The smallest absolute Gasteiger partial charge is 0.311 e. The highest BCUT2D eigenvalue weighted by molar-refractivity contribution is 7.20. The standard InChI is InChI=1S/C10H12FN5OS/c1-6-7(11)8(17)16-9(13-6)18-10(14-16)15-4-2-12-3-5-15/h12H,2-5H2,1H3. The molecule has 1 N–H and O–H groups in total. The Morgan fingerprint density at radius 1 is 1.39 bits per heavy atom. The van der Waals surface area contributed by atoms with Crippen LogP contribution in [-0.2, 0) is 0 Å². The molecule has 0 spiro atoms. The number of aromatic nitrogens is 3. The molecule has 0 radical (unpaired) electrons. The Balaban J connectivity index is 2.10. The third kappa shape index (κ3) is 1.77. The van der Waals surface area contributed by atoms with Gasteiger partial charge in [0.2, 0.25) is 15.9 Å². The van der Waals surface area contributed by atoms with E-state index in [-0.39, 0.29) is 5.69 Å². The monoisotopic (exact) mass is 269 g/mol. The van der Waals surface area contributed by atoms with E-state index in [1.54, 1.807) is 0 Å². The van der Waals surface area contributed by atoms with Crippen LogP contribution in [0.25, 0.3) is 4.96 Å². The van der Waals surface area contributed by atoms with Crippen molar-refractivity contribution in [3.63, 3.8) is 0 Å². The summed E-state index contributed by atoms with van der Waals surface area (Å²) in [4.78, 5) is 18.3. The highest BCUT2D eigenvalue weighted by atomic mass is 32.1. The lowest BCUT2D eigenvalue weighted by molar-refractivity contribution is 0.573. The van der Waals surface area contributed by atoms with Gasteiger partial charge in [-0.05, 0) is 6.92 Å². The third-order valence-corrected chi connectivity index (χ3v) is 3.87. The van der Waals surface area contributed by atoms with Crippen molar-refractivity contribution in [2.45, 2.75) is 6.92 Å². The maximum absolute atomic E-state index is 13.5. The molecular formula is C10H12FN5OS. The van der Waals surface area contributed by atoms with Crippen LogP contribution in [-0.4, -0.2) is 40.8 Å². The average Bonchev–Trinajstić information content (AvgIpc) is 2.81. The Morgan fingerprint density at radius 2 is 2.11 bits per heavy atom. The zero-order valence-electron chi connectivity index (χ0n) is 9.81. The molecule has 0 saturated carbocycles. The van der Waals surface area contributed by atoms with Crippen molar-refractivity contribution >= 4 is 21.4 Å². The van der Waals surface area contributed by atoms with Gasteiger partial charge in [-0.25, -0.2) is 4.98 Å². The van der Waals surface area contributed by atoms with Crippen LogP contribution >= 0.6 is 11.3 Å². The van der Waals surface area contributed by atoms with Crippen molar-refractivity contribution in [2.24, 2.45) is 0 Å². The van der Waals surface area contributed by atoms with E-state index in [0.29, 0.717) is 10.1 Å². The number of hydrogen-bond acceptors (Lipinski definition) is 6. The minimum atomic E-state index is -0.829. The number of halogens is 1. The second-order valence-corrected chi connectivity index (χ2v) is 5.07. The number of nitrogens with zero attached hydrogens (tertiary/aromatic N) is 4. The van der Waals surface area contributed by atoms with Gasteiger partial charge in [0.1, 0.15) is 0 Å². The van der Waals surface area contributed by atoms with Crippen molar-refractivity contribution < 1.29 is 4.39 Å². The molecule has 0 unspecified atom stereocenters. The van der Waals surface area contributed by atoms with Gasteiger partial charge in [0.15, 0.2) is 0 Å². The van der Waals surface area contributed by atoms with E-state index in [4.69, 9.17) is 0 Å². The molecule has 1 aliphatic heterocycles. The van der Waals surface area contributed by atoms with Gasteiger partial charge in [-0.15, -0.1) is 5.10 Å². The van der Waals surface area contributed by atoms with Crippen LogP contribution in [0.2, 0.25) is 0 Å². The fourth-order valence-corrected chi connectivity index (χ4v) is 2.89. The van der Waals surface area contributed by atoms with Crippen molar-refractivity contribution in [1.29, 1.82) is 0 Å². The molecule has 1 saturated heterocycles. The van der Waals surface area contributed by atoms with E-state index < -0.39 is 11.4 Å². The third-order valence-electron chi connectivity index (χ3n) is 2.90. The van der Waals surface area contributed by atoms with E-state index in [1.165, 1.54) is 18.3 Å². The Labute approximate surface area is 106 Å². The Kier molecular flexibility index (Phi) is 2.75. The lowest BCUT2D eigenvalue weighted by Gasteiger charge is -2.26. The molecule has 0 amide bonds. The van der Waals surface area contributed by atoms with Crippen molar-refractivity contribution in [1.82, 2.24) is 19.9 Å². The van der Waals surface area contributed by atoms with Crippen molar-refractivity contribution in [3.05, 3.63) is 21.9 Å². The predicted octanol–water partition coefficient (Wildman–Crippen LogP) is 0.00812. The first-order valence-corrected chi connectivity index (χ1v) is 6.50. The van der Waals surface area contributed by atoms with Crippen LogP contribution in [0.15, 0.2) is 4.79 Å². The number of anilines is 1. The molecule has 0 bridgehead atoms. The number of hydrogen-bond donors (Lipinski definition) is 1. The summed E-state index contributed by atoms with van der Waals surface area (Å²) in [5.74, 6) is -0.829. The van der Waals surface area contributed by atoms with Crippen LogP contribution in [0.3, 0.4) is 0 Å². The fraction of sp³-hybridized carbons (Fsp3) is 0.500. The van der Waals surface area contributed by atoms with E-state index in [1.807, 2.05) is 0 Å². The summed E-state index contributed by atoms with van der Waals surface area (Å²) in [5, 5.41) is 8.11. The predicted molar refractivity (Wildman–Crippen MR) is 66.9 cm³/mol. The topological polar surface area (TPSA) is 62.5 Å². The summed E-state index contributed by atoms with van der Waals surface area (Å²) in [6, 6.07) is 0. The summed E-state index contributed by atoms with van der Waals surface area (Å²) in [5.41, 5.74) is -0.606. The number of nitrogens with one attached hydrogen (secondary N) is 1. The molecule has 2 aromatic rings. The summed E-state index contributed by atoms with van der Waals surface area (Å²) in [6.45, 7) is 4.91. The first-order valence-electron chi connectivity index (χ1n) is 5.68. The second-order valence-electron chi connectivity index (χ2n) is 4.13. The largest absolute Gasteiger partial charge is 0.344 e. The maximum atomic E-state index is 13.5. The normalized spacial score (nSPS) is 16.4. The minimum absolute atomic E-state index is 0.121. The number of rotatable bonds is 1. The van der Waals surface area contributed by atoms with Crippen LogP contribution in [0.1, 0.15) is 5.69 Å². The van der Waals surface area contributed by atoms with Gasteiger partial charge in [0.05, 0.1) is 5.69 Å². The molecule has 3 rings (SSSR count). The van der Waals surface area contributed by atoms with E-state index in [9.17, 15) is 9.18 Å². The van der Waals surface area contributed by atoms with Gasteiger partial charge < -0.3 is 10.2 Å². The zero-order chi connectivity index (χ0) is 12.7. The van der Waals surface area contributed by atoms with Gasteiger partial charge >= 0.3 is 5.56 Å². The summed E-state index contributed by atoms with van der Waals surface area (Å²) >= 11 is 1.31. The molecule has 2 aromatic heterocycles. The van der Waals surface area contributed by atoms with Crippen molar-refractivity contribution in [3.8, 4) is 0 Å². The van der Waals surface area contributed by atoms with Crippen LogP contribution in [0, 0.1) is 12.7 Å². The Morgan fingerprint density at radius 3 is 2.83 bits per heavy atom. The Hall–Kier alpha value is -1.54. The Bertz CT molecular complexity index is 645. The molecule has 0 aliphatic carbocycles. The molecule has 8 heteroatoms.